The second-order valence-corrected chi connectivity index (χ2v) is 7.70. The van der Waals surface area contributed by atoms with Gasteiger partial charge in [0.25, 0.3) is 11.8 Å². The van der Waals surface area contributed by atoms with E-state index in [2.05, 4.69) is 5.32 Å². The summed E-state index contributed by atoms with van der Waals surface area (Å²) in [4.78, 5) is 27.6. The lowest BCUT2D eigenvalue weighted by Gasteiger charge is -2.16. The molecule has 1 aliphatic heterocycles. The topological polar surface area (TPSA) is 58.6 Å². The average Bonchev–Trinajstić information content (AvgIpc) is 3.03. The zero-order valence-electron chi connectivity index (χ0n) is 17.8. The van der Waals surface area contributed by atoms with Crippen molar-refractivity contribution < 1.29 is 23.1 Å². The van der Waals surface area contributed by atoms with Crippen LogP contribution in [0.3, 0.4) is 0 Å². The molecule has 8 heteroatoms. The van der Waals surface area contributed by atoms with Gasteiger partial charge >= 0.3 is 0 Å². The minimum atomic E-state index is -1.16. The molecule has 1 N–H and O–H groups in total. The monoisotopic (exact) mass is 468 g/mol. The number of rotatable bonds is 6. The highest BCUT2D eigenvalue weighted by Crippen LogP contribution is 2.36. The lowest BCUT2D eigenvalue weighted by molar-refractivity contribution is -0.120. The van der Waals surface area contributed by atoms with Gasteiger partial charge in [-0.15, -0.1) is 0 Å². The first kappa shape index (κ1) is 22.5. The predicted molar refractivity (Wildman–Crippen MR) is 123 cm³/mol. The Bertz CT molecular complexity index is 1290. The van der Waals surface area contributed by atoms with E-state index < -0.39 is 23.4 Å². The highest BCUT2D eigenvalue weighted by atomic mass is 35.5. The van der Waals surface area contributed by atoms with Crippen LogP contribution in [0.5, 0.6) is 5.75 Å². The molecule has 0 saturated heterocycles. The van der Waals surface area contributed by atoms with Crippen LogP contribution in [0.2, 0.25) is 5.02 Å². The summed E-state index contributed by atoms with van der Waals surface area (Å²) in [6.45, 7) is 4.10. The van der Waals surface area contributed by atoms with Gasteiger partial charge in [-0.2, -0.15) is 0 Å². The highest BCUT2D eigenvalue weighted by Gasteiger charge is 2.40. The quantitative estimate of drug-likeness (QED) is 0.470. The van der Waals surface area contributed by atoms with E-state index in [-0.39, 0.29) is 17.0 Å². The summed E-state index contributed by atoms with van der Waals surface area (Å²) in [7, 11) is 0. The summed E-state index contributed by atoms with van der Waals surface area (Å²) in [5.41, 5.74) is 1.70. The van der Waals surface area contributed by atoms with Gasteiger partial charge in [0, 0.05) is 16.8 Å². The van der Waals surface area contributed by atoms with E-state index in [0.717, 1.165) is 17.0 Å². The van der Waals surface area contributed by atoms with E-state index in [9.17, 15) is 18.4 Å². The lowest BCUT2D eigenvalue weighted by atomic mass is 10.0. The summed E-state index contributed by atoms with van der Waals surface area (Å²) >= 11 is 6.21. The van der Waals surface area contributed by atoms with E-state index in [1.807, 2.05) is 6.92 Å². The molecular formula is C25H19ClF2N2O3. The summed E-state index contributed by atoms with van der Waals surface area (Å²) < 4.78 is 32.8. The number of hydrogen-bond donors (Lipinski definition) is 1. The van der Waals surface area contributed by atoms with Gasteiger partial charge in [0.15, 0.2) is 11.6 Å². The number of carbonyl (C=O) groups excluding carboxylic acids is 2. The van der Waals surface area contributed by atoms with Crippen molar-refractivity contribution in [1.82, 2.24) is 0 Å². The van der Waals surface area contributed by atoms with Crippen LogP contribution in [0.15, 0.2) is 66.4 Å². The summed E-state index contributed by atoms with van der Waals surface area (Å²) in [6, 6.07) is 14.7. The molecule has 4 rings (SSSR count). The Morgan fingerprint density at radius 3 is 2.36 bits per heavy atom. The van der Waals surface area contributed by atoms with Crippen LogP contribution >= 0.6 is 11.6 Å². The molecule has 5 nitrogen and oxygen atoms in total. The van der Waals surface area contributed by atoms with Crippen LogP contribution in [-0.4, -0.2) is 18.4 Å². The number of hydrogen-bond acceptors (Lipinski definition) is 4. The van der Waals surface area contributed by atoms with Gasteiger partial charge in [0.05, 0.1) is 17.9 Å². The van der Waals surface area contributed by atoms with Crippen LogP contribution in [0, 0.1) is 18.6 Å². The molecule has 3 aromatic carbocycles. The first-order valence-electron chi connectivity index (χ1n) is 10.1. The van der Waals surface area contributed by atoms with Gasteiger partial charge in [0.1, 0.15) is 11.4 Å². The zero-order valence-corrected chi connectivity index (χ0v) is 18.5. The normalized spacial score (nSPS) is 13.7. The Morgan fingerprint density at radius 2 is 1.70 bits per heavy atom. The Balaban J connectivity index is 1.83. The molecule has 1 aliphatic rings. The van der Waals surface area contributed by atoms with E-state index >= 15 is 0 Å². The van der Waals surface area contributed by atoms with Gasteiger partial charge < -0.3 is 10.1 Å². The smallest absolute Gasteiger partial charge is 0.282 e. The fourth-order valence-electron chi connectivity index (χ4n) is 3.53. The van der Waals surface area contributed by atoms with Crippen LogP contribution in [0.25, 0.3) is 5.57 Å². The number of anilines is 2. The molecule has 3 aromatic rings. The largest absolute Gasteiger partial charge is 0.494 e. The van der Waals surface area contributed by atoms with E-state index in [1.54, 1.807) is 49.4 Å². The molecule has 2 amide bonds. The molecule has 0 spiro atoms. The zero-order chi connectivity index (χ0) is 23.7. The first-order valence-corrected chi connectivity index (χ1v) is 10.5. The number of ether oxygens (including phenoxy) is 1. The Morgan fingerprint density at radius 1 is 0.970 bits per heavy atom. The second-order valence-electron chi connectivity index (χ2n) is 7.29. The van der Waals surface area contributed by atoms with Crippen molar-refractivity contribution >= 4 is 40.4 Å². The van der Waals surface area contributed by atoms with Gasteiger partial charge in [-0.25, -0.2) is 13.7 Å². The molecule has 33 heavy (non-hydrogen) atoms. The van der Waals surface area contributed by atoms with Crippen molar-refractivity contribution in [3.63, 3.8) is 0 Å². The third-order valence-electron chi connectivity index (χ3n) is 5.23. The molecule has 0 fully saturated rings. The molecule has 0 saturated carbocycles. The third-order valence-corrected chi connectivity index (χ3v) is 5.64. The maximum atomic E-state index is 13.9. The first-order chi connectivity index (χ1) is 15.8. The van der Waals surface area contributed by atoms with Gasteiger partial charge in [0.2, 0.25) is 0 Å². The van der Waals surface area contributed by atoms with E-state index in [1.165, 1.54) is 6.07 Å². The third kappa shape index (κ3) is 4.19. The van der Waals surface area contributed by atoms with Gasteiger partial charge in [-0.3, -0.25) is 9.59 Å². The molecule has 0 unspecified atom stereocenters. The molecule has 0 aliphatic carbocycles. The van der Waals surface area contributed by atoms with Crippen LogP contribution in [-0.2, 0) is 9.59 Å². The molecule has 0 atom stereocenters. The van der Waals surface area contributed by atoms with Crippen LogP contribution in [0.1, 0.15) is 18.1 Å². The van der Waals surface area contributed by atoms with Gasteiger partial charge in [-0.05, 0) is 61.4 Å². The SMILES string of the molecule is CCOc1ccc(C2=C(Nc3cccc(Cl)c3C)C(=O)N(c3ccc(F)c(F)c3)C2=O)cc1. The van der Waals surface area contributed by atoms with Crippen LogP contribution in [0.4, 0.5) is 20.2 Å². The molecule has 1 heterocycles. The number of amides is 2. The number of carbonyl (C=O) groups is 2. The number of halogens is 3. The summed E-state index contributed by atoms with van der Waals surface area (Å²) in [6.07, 6.45) is 0. The van der Waals surface area contributed by atoms with Crippen molar-refractivity contribution in [2.45, 2.75) is 13.8 Å². The van der Waals surface area contributed by atoms with E-state index in [4.69, 9.17) is 16.3 Å². The second kappa shape index (κ2) is 9.03. The van der Waals surface area contributed by atoms with Crippen molar-refractivity contribution in [3.05, 3.63) is 94.1 Å². The highest BCUT2D eigenvalue weighted by molar-refractivity contribution is 6.46. The van der Waals surface area contributed by atoms with E-state index in [0.29, 0.717) is 34.2 Å². The van der Waals surface area contributed by atoms with Crippen molar-refractivity contribution in [2.75, 3.05) is 16.8 Å². The summed E-state index contributed by atoms with van der Waals surface area (Å²) in [5, 5.41) is 3.51. The fraction of sp³-hybridized carbons (Fsp3) is 0.120. The van der Waals surface area contributed by atoms with Crippen molar-refractivity contribution in [2.24, 2.45) is 0 Å². The maximum absolute atomic E-state index is 13.9. The number of imide groups is 1. The number of nitrogens with zero attached hydrogens (tertiary/aromatic N) is 1. The van der Waals surface area contributed by atoms with Crippen LogP contribution < -0.4 is 15.0 Å². The predicted octanol–water partition coefficient (Wildman–Crippen LogP) is 5.72. The number of benzene rings is 3. The maximum Gasteiger partial charge on any atom is 0.282 e. The molecule has 168 valence electrons. The Hall–Kier alpha value is -3.71. The molecular weight excluding hydrogens is 450 g/mol. The Kier molecular flexibility index (Phi) is 6.16. The average molecular weight is 469 g/mol. The summed E-state index contributed by atoms with van der Waals surface area (Å²) in [5.74, 6) is -3.00. The fourth-order valence-corrected chi connectivity index (χ4v) is 3.71. The lowest BCUT2D eigenvalue weighted by Crippen LogP contribution is -2.32. The van der Waals surface area contributed by atoms with Gasteiger partial charge in [-0.1, -0.05) is 29.8 Å². The molecule has 0 radical (unpaired) electrons. The van der Waals surface area contributed by atoms with Crippen molar-refractivity contribution in [1.29, 1.82) is 0 Å². The molecule has 0 bridgehead atoms. The Labute approximate surface area is 194 Å². The minimum absolute atomic E-state index is 0.000685. The molecule has 0 aromatic heterocycles. The standard InChI is InChI=1S/C25H19ClF2N2O3/c1-3-33-17-10-7-15(8-11-17)22-23(29-21-6-4-5-18(26)14(21)2)25(32)30(24(22)31)16-9-12-19(27)20(28)13-16/h4-13,29H,3H2,1-2H3. The van der Waals surface area contributed by atoms with Crippen molar-refractivity contribution in [3.8, 4) is 5.75 Å². The minimum Gasteiger partial charge on any atom is -0.494 e. The number of nitrogens with one attached hydrogen (secondary N) is 1.